The van der Waals surface area contributed by atoms with Crippen LogP contribution >= 0.6 is 34.8 Å². The van der Waals surface area contributed by atoms with Crippen molar-refractivity contribution in [2.24, 2.45) is 0 Å². The van der Waals surface area contributed by atoms with Gasteiger partial charge in [0.05, 0.1) is 6.10 Å². The number of aliphatic hydroxyl groups excluding tert-OH is 1. The summed E-state index contributed by atoms with van der Waals surface area (Å²) in [5, 5.41) is 10.9. The molecule has 0 spiro atoms. The molecule has 0 saturated carbocycles. The van der Waals surface area contributed by atoms with Gasteiger partial charge in [-0.25, -0.2) is 0 Å². The fourth-order valence-electron chi connectivity index (χ4n) is 1.38. The molecule has 0 aliphatic rings. The van der Waals surface area contributed by atoms with Gasteiger partial charge in [-0.15, -0.1) is 11.6 Å². The molecule has 1 nitrogen and oxygen atoms in total. The first kappa shape index (κ1) is 13.1. The van der Waals surface area contributed by atoms with Crippen LogP contribution in [-0.4, -0.2) is 17.1 Å². The molecular weight excluding hydrogens is 254 g/mol. The Labute approximate surface area is 105 Å². The Balaban J connectivity index is 2.63. The maximum absolute atomic E-state index is 9.71. The predicted octanol–water partition coefficient (Wildman–Crippen LogP) is 3.92. The summed E-state index contributed by atoms with van der Waals surface area (Å²) in [6, 6.07) is 5.34. The highest BCUT2D eigenvalue weighted by Gasteiger charge is 2.11. The molecule has 0 radical (unpaired) electrons. The van der Waals surface area contributed by atoms with Gasteiger partial charge >= 0.3 is 0 Å². The Morgan fingerprint density at radius 2 is 1.80 bits per heavy atom. The van der Waals surface area contributed by atoms with Crippen molar-refractivity contribution >= 4 is 34.8 Å². The van der Waals surface area contributed by atoms with E-state index in [-0.39, 0.29) is 0 Å². The highest BCUT2D eigenvalue weighted by Crippen LogP contribution is 2.26. The lowest BCUT2D eigenvalue weighted by Crippen LogP contribution is -2.11. The lowest BCUT2D eigenvalue weighted by atomic mass is 10.0. The number of benzene rings is 1. The monoisotopic (exact) mass is 266 g/mol. The van der Waals surface area contributed by atoms with Crippen molar-refractivity contribution in [2.75, 3.05) is 5.88 Å². The Kier molecular flexibility index (Phi) is 5.77. The molecular formula is C11H13Cl3O. The van der Waals surface area contributed by atoms with E-state index in [2.05, 4.69) is 0 Å². The third-order valence-electron chi connectivity index (χ3n) is 2.17. The number of rotatable bonds is 5. The molecule has 1 rings (SSSR count). The summed E-state index contributed by atoms with van der Waals surface area (Å²) in [5.41, 5.74) is 0.808. The average molecular weight is 268 g/mol. The number of alkyl halides is 1. The topological polar surface area (TPSA) is 20.2 Å². The van der Waals surface area contributed by atoms with Crippen molar-refractivity contribution < 1.29 is 5.11 Å². The summed E-state index contributed by atoms with van der Waals surface area (Å²) in [4.78, 5) is 0. The summed E-state index contributed by atoms with van der Waals surface area (Å²) in [5.74, 6) is 0.563. The second-order valence-corrected chi connectivity index (χ2v) is 4.58. The standard InChI is InChI=1S/C11H13Cl3O/c12-6-2-3-8(15)7-9-10(13)4-1-5-11(9)14/h1,4-5,8,15H,2-3,6-7H2. The van der Waals surface area contributed by atoms with Gasteiger partial charge in [-0.3, -0.25) is 0 Å². The molecule has 0 bridgehead atoms. The largest absolute Gasteiger partial charge is 0.393 e. The van der Waals surface area contributed by atoms with Crippen LogP contribution < -0.4 is 0 Å². The number of hydrogen-bond donors (Lipinski definition) is 1. The van der Waals surface area contributed by atoms with Gasteiger partial charge in [0.25, 0.3) is 0 Å². The zero-order chi connectivity index (χ0) is 11.3. The average Bonchev–Trinajstić information content (AvgIpc) is 2.21. The van der Waals surface area contributed by atoms with Crippen LogP contribution in [0.5, 0.6) is 0 Å². The molecule has 0 fully saturated rings. The number of halogens is 3. The van der Waals surface area contributed by atoms with Crippen LogP contribution in [-0.2, 0) is 6.42 Å². The van der Waals surface area contributed by atoms with Crippen molar-refractivity contribution in [1.29, 1.82) is 0 Å². The Hall–Kier alpha value is 0.0500. The minimum absolute atomic E-state index is 0.429. The molecule has 0 aromatic heterocycles. The molecule has 1 atom stereocenters. The highest BCUT2D eigenvalue weighted by molar-refractivity contribution is 6.36. The van der Waals surface area contributed by atoms with Gasteiger partial charge in [0.2, 0.25) is 0 Å². The highest BCUT2D eigenvalue weighted by atomic mass is 35.5. The van der Waals surface area contributed by atoms with Gasteiger partial charge in [0.15, 0.2) is 0 Å². The van der Waals surface area contributed by atoms with E-state index in [0.717, 1.165) is 12.0 Å². The second-order valence-electron chi connectivity index (χ2n) is 3.39. The molecule has 0 saturated heterocycles. The molecule has 1 N–H and O–H groups in total. The van der Waals surface area contributed by atoms with Crippen LogP contribution in [0.4, 0.5) is 0 Å². The normalized spacial score (nSPS) is 12.8. The molecule has 4 heteroatoms. The molecule has 0 aliphatic carbocycles. The number of hydrogen-bond acceptors (Lipinski definition) is 1. The van der Waals surface area contributed by atoms with Crippen LogP contribution in [0.25, 0.3) is 0 Å². The minimum atomic E-state index is -0.429. The van der Waals surface area contributed by atoms with E-state index in [0.29, 0.717) is 28.8 Å². The van der Waals surface area contributed by atoms with Gasteiger partial charge < -0.3 is 5.11 Å². The van der Waals surface area contributed by atoms with E-state index in [1.807, 2.05) is 0 Å². The fraction of sp³-hybridized carbons (Fsp3) is 0.455. The van der Waals surface area contributed by atoms with Crippen LogP contribution in [0.15, 0.2) is 18.2 Å². The third kappa shape index (κ3) is 4.20. The first-order valence-corrected chi connectivity index (χ1v) is 6.11. The Bertz CT molecular complexity index is 294. The zero-order valence-electron chi connectivity index (χ0n) is 8.22. The van der Waals surface area contributed by atoms with Gasteiger partial charge in [-0.05, 0) is 30.5 Å². The molecule has 0 aliphatic heterocycles. The lowest BCUT2D eigenvalue weighted by molar-refractivity contribution is 0.164. The summed E-state index contributed by atoms with van der Waals surface area (Å²) in [7, 11) is 0. The maximum Gasteiger partial charge on any atom is 0.0582 e. The first-order chi connectivity index (χ1) is 7.15. The molecule has 1 aromatic rings. The predicted molar refractivity (Wildman–Crippen MR) is 66.1 cm³/mol. The summed E-state index contributed by atoms with van der Waals surface area (Å²) >= 11 is 17.5. The third-order valence-corrected chi connectivity index (χ3v) is 3.15. The van der Waals surface area contributed by atoms with Crippen molar-refractivity contribution in [3.63, 3.8) is 0 Å². The lowest BCUT2D eigenvalue weighted by Gasteiger charge is -2.12. The smallest absolute Gasteiger partial charge is 0.0582 e. The van der Waals surface area contributed by atoms with Crippen molar-refractivity contribution in [3.8, 4) is 0 Å². The SMILES string of the molecule is OC(CCCCl)Cc1c(Cl)cccc1Cl. The molecule has 1 aromatic carbocycles. The first-order valence-electron chi connectivity index (χ1n) is 4.82. The van der Waals surface area contributed by atoms with Gasteiger partial charge in [0, 0.05) is 22.3 Å². The molecule has 0 heterocycles. The van der Waals surface area contributed by atoms with E-state index in [4.69, 9.17) is 34.8 Å². The quantitative estimate of drug-likeness (QED) is 0.802. The summed E-state index contributed by atoms with van der Waals surface area (Å²) in [6.07, 6.45) is 1.52. The molecule has 84 valence electrons. The van der Waals surface area contributed by atoms with Crippen molar-refractivity contribution in [2.45, 2.75) is 25.4 Å². The van der Waals surface area contributed by atoms with Crippen LogP contribution in [0.3, 0.4) is 0 Å². The van der Waals surface area contributed by atoms with Crippen LogP contribution in [0, 0.1) is 0 Å². The fourth-order valence-corrected chi connectivity index (χ4v) is 2.08. The molecule has 0 amide bonds. The van der Waals surface area contributed by atoms with Crippen molar-refractivity contribution in [1.82, 2.24) is 0 Å². The Morgan fingerprint density at radius 3 is 2.33 bits per heavy atom. The van der Waals surface area contributed by atoms with Crippen LogP contribution in [0.2, 0.25) is 10.0 Å². The second kappa shape index (κ2) is 6.59. The van der Waals surface area contributed by atoms with Gasteiger partial charge in [-0.2, -0.15) is 0 Å². The van der Waals surface area contributed by atoms with E-state index < -0.39 is 6.10 Å². The zero-order valence-corrected chi connectivity index (χ0v) is 10.5. The number of aliphatic hydroxyl groups is 1. The summed E-state index contributed by atoms with van der Waals surface area (Å²) < 4.78 is 0. The van der Waals surface area contributed by atoms with E-state index in [1.54, 1.807) is 18.2 Å². The Morgan fingerprint density at radius 1 is 1.20 bits per heavy atom. The maximum atomic E-state index is 9.71. The van der Waals surface area contributed by atoms with Gasteiger partial charge in [-0.1, -0.05) is 29.3 Å². The summed E-state index contributed by atoms with van der Waals surface area (Å²) in [6.45, 7) is 0. The van der Waals surface area contributed by atoms with E-state index >= 15 is 0 Å². The molecule has 15 heavy (non-hydrogen) atoms. The van der Waals surface area contributed by atoms with E-state index in [9.17, 15) is 5.11 Å². The van der Waals surface area contributed by atoms with Crippen molar-refractivity contribution in [3.05, 3.63) is 33.8 Å². The molecule has 1 unspecified atom stereocenters. The minimum Gasteiger partial charge on any atom is -0.393 e. The van der Waals surface area contributed by atoms with Crippen LogP contribution in [0.1, 0.15) is 18.4 Å². The van der Waals surface area contributed by atoms with Gasteiger partial charge in [0.1, 0.15) is 0 Å². The van der Waals surface area contributed by atoms with E-state index in [1.165, 1.54) is 0 Å².